The van der Waals surface area contributed by atoms with Gasteiger partial charge in [-0.05, 0) is 135 Å². The summed E-state index contributed by atoms with van der Waals surface area (Å²) in [6.07, 6.45) is 0.843. The van der Waals surface area contributed by atoms with Crippen molar-refractivity contribution in [1.29, 1.82) is 0 Å². The molecule has 0 bridgehead atoms. The van der Waals surface area contributed by atoms with Crippen molar-refractivity contribution in [2.45, 2.75) is 86.7 Å². The van der Waals surface area contributed by atoms with Crippen LogP contribution in [-0.4, -0.2) is 87.2 Å². The summed E-state index contributed by atoms with van der Waals surface area (Å²) in [5, 5.41) is 13.4. The van der Waals surface area contributed by atoms with Gasteiger partial charge in [0.15, 0.2) is 23.0 Å². The summed E-state index contributed by atoms with van der Waals surface area (Å²) in [4.78, 5) is 48.0. The zero-order chi connectivity index (χ0) is 69.2. The Morgan fingerprint density at radius 3 is 1.41 bits per heavy atom. The molecule has 516 valence electrons. The van der Waals surface area contributed by atoms with Crippen LogP contribution in [0.2, 0.25) is 0 Å². The van der Waals surface area contributed by atoms with Crippen LogP contribution in [0.25, 0.3) is 66.5 Å². The minimum Gasteiger partial charge on any atom is -0.493 e. The van der Waals surface area contributed by atoms with Gasteiger partial charge in [-0.25, -0.2) is 19.7 Å². The molecule has 1 saturated heterocycles. The molecule has 9 aromatic carbocycles. The number of aryl methyl sites for hydroxylation is 2. The Morgan fingerprint density at radius 2 is 0.941 bits per heavy atom. The van der Waals surface area contributed by atoms with Crippen molar-refractivity contribution in [2.75, 3.05) is 34.0 Å². The molecular weight excluding hydrogens is 1270 g/mol. The van der Waals surface area contributed by atoms with Crippen molar-refractivity contribution in [1.82, 2.24) is 24.0 Å². The van der Waals surface area contributed by atoms with E-state index in [1.807, 2.05) is 197 Å². The maximum atomic E-state index is 13.5. The Morgan fingerprint density at radius 1 is 0.505 bits per heavy atom. The largest absolute Gasteiger partial charge is 0.493 e. The number of rotatable bonds is 26. The summed E-state index contributed by atoms with van der Waals surface area (Å²) in [6.45, 7) is 9.79. The molecule has 3 atom stereocenters. The lowest BCUT2D eigenvalue weighted by atomic mass is 10.0. The molecule has 2 amide bonds. The summed E-state index contributed by atoms with van der Waals surface area (Å²) in [6, 6.07) is 69.6. The number of oxazole rings is 2. The number of methoxy groups -OCH3 is 2. The van der Waals surface area contributed by atoms with E-state index in [0.29, 0.717) is 91.9 Å². The molecule has 5 heterocycles. The summed E-state index contributed by atoms with van der Waals surface area (Å²) >= 11 is 0. The molecule has 0 aliphatic carbocycles. The average Bonchev–Trinajstić information content (AvgIpc) is 1.60. The van der Waals surface area contributed by atoms with E-state index in [2.05, 4.69) is 55.5 Å². The first-order valence-corrected chi connectivity index (χ1v) is 33.5. The summed E-state index contributed by atoms with van der Waals surface area (Å²) in [5.41, 5.74) is 10.6. The van der Waals surface area contributed by atoms with E-state index < -0.39 is 23.9 Å². The first kappa shape index (κ1) is 69.1. The number of cyclic esters (lactones) is 1. The van der Waals surface area contributed by atoms with Gasteiger partial charge in [0.1, 0.15) is 54.2 Å². The van der Waals surface area contributed by atoms with Crippen LogP contribution >= 0.6 is 0 Å². The molecule has 1 aliphatic rings. The molecular formula is C83H81N5O13. The Bertz CT molecular complexity index is 5040. The molecule has 18 nitrogen and oxygen atoms in total. The van der Waals surface area contributed by atoms with Gasteiger partial charge in [0.2, 0.25) is 17.7 Å². The fourth-order valence-corrected chi connectivity index (χ4v) is 12.7. The molecule has 0 spiro atoms. The van der Waals surface area contributed by atoms with Crippen LogP contribution in [0.4, 0.5) is 4.79 Å². The number of aliphatic carboxylic acids is 1. The molecule has 18 heteroatoms. The van der Waals surface area contributed by atoms with Crippen LogP contribution in [0, 0.1) is 25.7 Å². The number of aromatic nitrogens is 4. The van der Waals surface area contributed by atoms with E-state index in [-0.39, 0.29) is 39.2 Å². The summed E-state index contributed by atoms with van der Waals surface area (Å²) in [7, 11) is 3.27. The quantitative estimate of drug-likeness (QED) is 0.0536. The minimum absolute atomic E-state index is 0. The van der Waals surface area contributed by atoms with Crippen LogP contribution < -0.4 is 28.4 Å². The van der Waals surface area contributed by atoms with E-state index in [0.717, 1.165) is 94.3 Å². The highest BCUT2D eigenvalue weighted by molar-refractivity contribution is 6.12. The van der Waals surface area contributed by atoms with Gasteiger partial charge in [-0.3, -0.25) is 9.59 Å². The van der Waals surface area contributed by atoms with Crippen LogP contribution in [0.5, 0.6) is 34.5 Å². The number of carboxylic acid groups (broad SMARTS) is 1. The molecule has 0 radical (unpaired) electrons. The summed E-state index contributed by atoms with van der Waals surface area (Å²) < 4.78 is 58.1. The third-order valence-electron chi connectivity index (χ3n) is 18.2. The Balaban J connectivity index is 0.000000195. The number of hydrogen-bond acceptors (Lipinski definition) is 14. The number of para-hydroxylation sites is 2. The molecule has 4 aromatic heterocycles. The molecule has 101 heavy (non-hydrogen) atoms. The molecule has 1 fully saturated rings. The number of carbonyl (C=O) groups is 3. The van der Waals surface area contributed by atoms with Gasteiger partial charge in [0.05, 0.1) is 50.4 Å². The lowest BCUT2D eigenvalue weighted by Crippen LogP contribution is -2.43. The first-order chi connectivity index (χ1) is 48.8. The van der Waals surface area contributed by atoms with Gasteiger partial charge in [-0.1, -0.05) is 149 Å². The second-order valence-corrected chi connectivity index (χ2v) is 24.9. The highest BCUT2D eigenvalue weighted by Gasteiger charge is 2.40. The van der Waals surface area contributed by atoms with E-state index in [1.54, 1.807) is 21.1 Å². The number of amides is 2. The van der Waals surface area contributed by atoms with Gasteiger partial charge >= 0.3 is 12.1 Å². The fraction of sp³-hybridized carbons (Fsp3) is 0.241. The van der Waals surface area contributed by atoms with Crippen molar-refractivity contribution < 1.29 is 61.5 Å². The highest BCUT2D eigenvalue weighted by Crippen LogP contribution is 2.40. The lowest BCUT2D eigenvalue weighted by molar-refractivity contribution is -0.141. The smallest absolute Gasteiger partial charge is 0.416 e. The minimum atomic E-state index is -0.819. The third-order valence-corrected chi connectivity index (χ3v) is 18.2. The molecule has 14 rings (SSSR count). The SMILES string of the molecule is C.COc1cc(Cn2c3ccccc3c3c(OCCC(C)C(=O)N4C(=O)OC[C@@H]4Cc4ccccc4)cccc32)ccc1OCc1nc(-c2ccccc2)oc1C.COc1cc(Cn2c3ccccc3c3c(OCCC(C)C(=O)O)cccc32)ccc1OCc1nc(-c2ccccc2)oc1C. The van der Waals surface area contributed by atoms with Crippen molar-refractivity contribution in [3.63, 3.8) is 0 Å². The van der Waals surface area contributed by atoms with E-state index in [9.17, 15) is 19.5 Å². The average molecular weight is 1360 g/mol. The first-order valence-electron chi connectivity index (χ1n) is 33.5. The summed E-state index contributed by atoms with van der Waals surface area (Å²) in [5.74, 6) is 4.54. The second-order valence-electron chi connectivity index (χ2n) is 24.9. The maximum absolute atomic E-state index is 13.5. The Kier molecular flexibility index (Phi) is 21.5. The van der Waals surface area contributed by atoms with Crippen molar-refractivity contribution in [2.24, 2.45) is 11.8 Å². The van der Waals surface area contributed by atoms with Gasteiger partial charge < -0.3 is 56.2 Å². The van der Waals surface area contributed by atoms with E-state index >= 15 is 0 Å². The van der Waals surface area contributed by atoms with Crippen molar-refractivity contribution in [3.05, 3.63) is 252 Å². The number of imide groups is 1. The van der Waals surface area contributed by atoms with E-state index in [4.69, 9.17) is 42.0 Å². The molecule has 13 aromatic rings. The van der Waals surface area contributed by atoms with Crippen LogP contribution in [0.15, 0.2) is 221 Å². The van der Waals surface area contributed by atoms with Crippen LogP contribution in [-0.2, 0) is 47.1 Å². The standard InChI is InChI=1S/C46H43N3O7.C36H34N2O6.CH4/c1-30(45(50)49-35(28-55-46(49)51)25-32-13-6-4-7-14-32)23-24-53-41-20-12-19-39-43(41)36-17-10-11-18-38(36)48(39)27-33-21-22-40(42(26-33)52-3)54-29-37-31(2)56-44(47-37)34-15-8-5-9-16-34;1-23(36(39)40)18-19-42-32-15-9-14-30-34(32)27-12-7-8-13-29(27)38(30)21-25-16-17-31(33(20-25)41-3)43-22-28-24(2)44-35(37-28)26-10-5-4-6-11-26;/h4-22,26,30,35H,23-25,27-29H2,1-3H3;4-17,20,23H,18-19,21-22H2,1-3H3,(H,39,40);1H4/t30?,35-;;/m0../s1. The molecule has 1 N–H and O–H groups in total. The van der Waals surface area contributed by atoms with Crippen LogP contribution in [0.3, 0.4) is 0 Å². The number of ether oxygens (including phenoxy) is 7. The fourth-order valence-electron chi connectivity index (χ4n) is 12.7. The van der Waals surface area contributed by atoms with Gasteiger partial charge in [-0.2, -0.15) is 0 Å². The molecule has 0 saturated carbocycles. The second kappa shape index (κ2) is 31.4. The number of carbonyl (C=O) groups excluding carboxylic acids is 2. The zero-order valence-corrected chi connectivity index (χ0v) is 56.6. The molecule has 2 unspecified atom stereocenters. The number of carboxylic acids is 1. The van der Waals surface area contributed by atoms with Crippen LogP contribution in [0.1, 0.15) is 73.7 Å². The maximum Gasteiger partial charge on any atom is 0.416 e. The number of nitrogens with zero attached hydrogens (tertiary/aromatic N) is 5. The Labute approximate surface area is 586 Å². The highest BCUT2D eigenvalue weighted by atomic mass is 16.6. The predicted molar refractivity (Wildman–Crippen MR) is 390 cm³/mol. The normalized spacial score (nSPS) is 13.3. The van der Waals surface area contributed by atoms with Crippen molar-refractivity contribution in [3.8, 4) is 57.4 Å². The number of fused-ring (bicyclic) bond motifs is 6. The number of hydrogen-bond donors (Lipinski definition) is 1. The molecule has 1 aliphatic heterocycles. The van der Waals surface area contributed by atoms with E-state index in [1.165, 1.54) is 4.90 Å². The zero-order valence-electron chi connectivity index (χ0n) is 56.6. The monoisotopic (exact) mass is 1360 g/mol. The lowest BCUT2D eigenvalue weighted by Gasteiger charge is -2.23. The van der Waals surface area contributed by atoms with Gasteiger partial charge in [0, 0.05) is 62.7 Å². The van der Waals surface area contributed by atoms with Crippen molar-refractivity contribution >= 4 is 61.6 Å². The topological polar surface area (TPSA) is 201 Å². The van der Waals surface area contributed by atoms with Gasteiger partial charge in [-0.15, -0.1) is 0 Å². The predicted octanol–water partition coefficient (Wildman–Crippen LogP) is 17.9. The van der Waals surface area contributed by atoms with Gasteiger partial charge in [0.25, 0.3) is 0 Å². The third kappa shape index (κ3) is 15.3. The Hall–Kier alpha value is -11.8. The number of benzene rings is 9.